The molecule has 0 radical (unpaired) electrons. The van der Waals surface area contributed by atoms with Crippen LogP contribution in [0.15, 0.2) is 18.3 Å². The number of Topliss-reactive ketones (excluding diaryl/α,β-unsaturated/α-hetero) is 1. The molecule has 1 aromatic heterocycles. The number of hydrogen-bond donors (Lipinski definition) is 0. The normalized spacial score (nSPS) is 11.7. The number of carbonyl (C=O) groups is 1. The second-order valence-electron chi connectivity index (χ2n) is 6.16. The second kappa shape index (κ2) is 7.39. The Morgan fingerprint density at radius 2 is 1.95 bits per heavy atom. The smallest absolute Gasteiger partial charge is 0.213 e. The van der Waals surface area contributed by atoms with E-state index in [1.807, 2.05) is 32.2 Å². The Bertz CT molecular complexity index is 418. The zero-order valence-electron chi connectivity index (χ0n) is 13.1. The molecule has 1 aromatic rings. The van der Waals surface area contributed by atoms with E-state index in [1.54, 1.807) is 0 Å². The van der Waals surface area contributed by atoms with Gasteiger partial charge in [-0.25, -0.2) is 4.98 Å². The quantitative estimate of drug-likeness (QED) is 0.720. The molecular formula is C16H25NO3. The van der Waals surface area contributed by atoms with Gasteiger partial charge in [-0.1, -0.05) is 40.7 Å². The summed E-state index contributed by atoms with van der Waals surface area (Å²) >= 11 is 0. The van der Waals surface area contributed by atoms with Gasteiger partial charge in [0.15, 0.2) is 5.78 Å². The van der Waals surface area contributed by atoms with Crippen molar-refractivity contribution in [3.05, 3.63) is 23.9 Å². The molecular weight excluding hydrogens is 254 g/mol. The summed E-state index contributed by atoms with van der Waals surface area (Å²) < 4.78 is 10.7. The Hall–Kier alpha value is -1.42. The predicted molar refractivity (Wildman–Crippen MR) is 79.1 cm³/mol. The van der Waals surface area contributed by atoms with Crippen LogP contribution in [0.1, 0.15) is 40.2 Å². The minimum Gasteiger partial charge on any atom is -0.475 e. The molecule has 4 nitrogen and oxygen atoms in total. The molecule has 0 saturated heterocycles. The van der Waals surface area contributed by atoms with Gasteiger partial charge in [-0.3, -0.25) is 4.79 Å². The van der Waals surface area contributed by atoms with Crippen molar-refractivity contribution in [2.75, 3.05) is 19.8 Å². The highest BCUT2D eigenvalue weighted by molar-refractivity contribution is 5.81. The fourth-order valence-electron chi connectivity index (χ4n) is 1.45. The highest BCUT2D eigenvalue weighted by atomic mass is 16.5. The first kappa shape index (κ1) is 16.6. The van der Waals surface area contributed by atoms with Crippen molar-refractivity contribution in [1.82, 2.24) is 4.98 Å². The standard InChI is InChI=1S/C16H25NO3/c1-12(2)14(18)11-19-8-9-20-15-7-6-13(10-17-15)16(3,4)5/h6-7,10,12H,8-9,11H2,1-5H3. The number of carbonyl (C=O) groups excluding carboxylic acids is 1. The largest absolute Gasteiger partial charge is 0.475 e. The fraction of sp³-hybridized carbons (Fsp3) is 0.625. The monoisotopic (exact) mass is 279 g/mol. The number of aromatic nitrogens is 1. The fourth-order valence-corrected chi connectivity index (χ4v) is 1.45. The van der Waals surface area contributed by atoms with Crippen LogP contribution in [-0.4, -0.2) is 30.6 Å². The van der Waals surface area contributed by atoms with Gasteiger partial charge in [-0.15, -0.1) is 0 Å². The summed E-state index contributed by atoms with van der Waals surface area (Å²) in [6.07, 6.45) is 1.83. The van der Waals surface area contributed by atoms with E-state index in [-0.39, 0.29) is 23.7 Å². The Kier molecular flexibility index (Phi) is 6.14. The van der Waals surface area contributed by atoms with Gasteiger partial charge >= 0.3 is 0 Å². The zero-order valence-corrected chi connectivity index (χ0v) is 13.1. The number of hydrogen-bond acceptors (Lipinski definition) is 4. The van der Waals surface area contributed by atoms with Gasteiger partial charge in [-0.2, -0.15) is 0 Å². The Morgan fingerprint density at radius 3 is 2.45 bits per heavy atom. The van der Waals surface area contributed by atoms with E-state index in [0.29, 0.717) is 19.1 Å². The van der Waals surface area contributed by atoms with E-state index in [2.05, 4.69) is 25.8 Å². The maximum absolute atomic E-state index is 11.3. The van der Waals surface area contributed by atoms with Crippen molar-refractivity contribution in [3.63, 3.8) is 0 Å². The Labute approximate surface area is 121 Å². The Balaban J connectivity index is 2.28. The molecule has 0 N–H and O–H groups in total. The third kappa shape index (κ3) is 5.70. The van der Waals surface area contributed by atoms with E-state index < -0.39 is 0 Å². The maximum Gasteiger partial charge on any atom is 0.213 e. The molecule has 0 atom stereocenters. The lowest BCUT2D eigenvalue weighted by Gasteiger charge is -2.18. The Morgan fingerprint density at radius 1 is 1.25 bits per heavy atom. The SMILES string of the molecule is CC(C)C(=O)COCCOc1ccc(C(C)(C)C)cn1. The highest BCUT2D eigenvalue weighted by Gasteiger charge is 2.13. The van der Waals surface area contributed by atoms with Gasteiger partial charge in [-0.05, 0) is 11.0 Å². The molecule has 1 heterocycles. The van der Waals surface area contributed by atoms with Crippen molar-refractivity contribution in [1.29, 1.82) is 0 Å². The molecule has 0 saturated carbocycles. The molecule has 0 aromatic carbocycles. The van der Waals surface area contributed by atoms with Gasteiger partial charge in [0.1, 0.15) is 13.2 Å². The maximum atomic E-state index is 11.3. The van der Waals surface area contributed by atoms with Crippen molar-refractivity contribution in [2.45, 2.75) is 40.0 Å². The molecule has 112 valence electrons. The van der Waals surface area contributed by atoms with Crippen LogP contribution in [0.2, 0.25) is 0 Å². The topological polar surface area (TPSA) is 48.4 Å². The first-order chi connectivity index (χ1) is 9.30. The summed E-state index contributed by atoms with van der Waals surface area (Å²) in [5, 5.41) is 0. The lowest BCUT2D eigenvalue weighted by Crippen LogP contribution is -2.17. The predicted octanol–water partition coefficient (Wildman–Crippen LogP) is 3.00. The van der Waals surface area contributed by atoms with Crippen molar-refractivity contribution in [3.8, 4) is 5.88 Å². The number of nitrogens with zero attached hydrogens (tertiary/aromatic N) is 1. The first-order valence-corrected chi connectivity index (χ1v) is 7.00. The van der Waals surface area contributed by atoms with Crippen LogP contribution in [0.25, 0.3) is 0 Å². The second-order valence-corrected chi connectivity index (χ2v) is 6.16. The van der Waals surface area contributed by atoms with E-state index >= 15 is 0 Å². The van der Waals surface area contributed by atoms with E-state index in [1.165, 1.54) is 5.56 Å². The lowest BCUT2D eigenvalue weighted by atomic mass is 9.88. The lowest BCUT2D eigenvalue weighted by molar-refractivity contribution is -0.126. The molecule has 1 rings (SSSR count). The molecule has 0 aliphatic heterocycles. The summed E-state index contributed by atoms with van der Waals surface area (Å²) in [4.78, 5) is 15.6. The van der Waals surface area contributed by atoms with Gasteiger partial charge in [0, 0.05) is 18.2 Å². The molecule has 0 aliphatic rings. The van der Waals surface area contributed by atoms with Gasteiger partial charge in [0.25, 0.3) is 0 Å². The van der Waals surface area contributed by atoms with E-state index in [9.17, 15) is 4.79 Å². The van der Waals surface area contributed by atoms with Crippen LogP contribution in [0.5, 0.6) is 5.88 Å². The van der Waals surface area contributed by atoms with Crippen LogP contribution in [0.4, 0.5) is 0 Å². The molecule has 0 bridgehead atoms. The molecule has 20 heavy (non-hydrogen) atoms. The summed E-state index contributed by atoms with van der Waals surface area (Å²) in [5.41, 5.74) is 1.26. The third-order valence-corrected chi connectivity index (χ3v) is 2.97. The van der Waals surface area contributed by atoms with Crippen LogP contribution in [0, 0.1) is 5.92 Å². The van der Waals surface area contributed by atoms with Crippen molar-refractivity contribution < 1.29 is 14.3 Å². The molecule has 0 unspecified atom stereocenters. The summed E-state index contributed by atoms with van der Waals surface area (Å²) in [6.45, 7) is 11.1. The van der Waals surface area contributed by atoms with Crippen molar-refractivity contribution >= 4 is 5.78 Å². The number of ketones is 1. The molecule has 0 spiro atoms. The summed E-state index contributed by atoms with van der Waals surface area (Å²) in [6, 6.07) is 3.88. The molecule has 4 heteroatoms. The van der Waals surface area contributed by atoms with Gasteiger partial charge in [0.2, 0.25) is 5.88 Å². The van der Waals surface area contributed by atoms with Crippen molar-refractivity contribution in [2.24, 2.45) is 5.92 Å². The van der Waals surface area contributed by atoms with Gasteiger partial charge < -0.3 is 9.47 Å². The molecule has 0 fully saturated rings. The number of rotatable bonds is 7. The van der Waals surface area contributed by atoms with E-state index in [4.69, 9.17) is 9.47 Å². The first-order valence-electron chi connectivity index (χ1n) is 7.00. The average Bonchev–Trinajstić information content (AvgIpc) is 2.37. The highest BCUT2D eigenvalue weighted by Crippen LogP contribution is 2.22. The minimum absolute atomic E-state index is 0.0162. The summed E-state index contributed by atoms with van der Waals surface area (Å²) in [5.74, 6) is 0.706. The number of ether oxygens (including phenoxy) is 2. The van der Waals surface area contributed by atoms with Crippen LogP contribution in [0.3, 0.4) is 0 Å². The molecule has 0 aliphatic carbocycles. The average molecular weight is 279 g/mol. The van der Waals surface area contributed by atoms with Gasteiger partial charge in [0.05, 0.1) is 6.61 Å². The molecule has 0 amide bonds. The zero-order chi connectivity index (χ0) is 15.2. The van der Waals surface area contributed by atoms with Crippen LogP contribution >= 0.6 is 0 Å². The number of pyridine rings is 1. The van der Waals surface area contributed by atoms with E-state index in [0.717, 1.165) is 0 Å². The minimum atomic E-state index is 0.0162. The van der Waals surface area contributed by atoms with Crippen LogP contribution < -0.4 is 4.74 Å². The van der Waals surface area contributed by atoms with Crippen LogP contribution in [-0.2, 0) is 14.9 Å². The summed E-state index contributed by atoms with van der Waals surface area (Å²) in [7, 11) is 0. The third-order valence-electron chi connectivity index (χ3n) is 2.97.